The molecule has 0 aliphatic rings. The molecule has 0 saturated carbocycles. The van der Waals surface area contributed by atoms with Crippen molar-refractivity contribution in [3.05, 3.63) is 0 Å². The lowest BCUT2D eigenvalue weighted by Gasteiger charge is -2.25. The normalized spacial score (nSPS) is 13.6. The maximum Gasteiger partial charge on any atom is 0.0623 e. The van der Waals surface area contributed by atoms with Crippen LogP contribution in [0.15, 0.2) is 0 Å². The first-order chi connectivity index (χ1) is 10.1. The molecule has 0 aliphatic carbocycles. The number of nitrogens with one attached hydrogen (secondary N) is 1. The highest BCUT2D eigenvalue weighted by molar-refractivity contribution is 4.73. The van der Waals surface area contributed by atoms with Crippen LogP contribution in [0.1, 0.15) is 97.8 Å². The Morgan fingerprint density at radius 2 is 1.43 bits per heavy atom. The lowest BCUT2D eigenvalue weighted by molar-refractivity contribution is 0.0115. The average Bonchev–Trinajstić information content (AvgIpc) is 2.48. The molecular formula is C18H40N2O. The molecule has 3 nitrogen and oxygen atoms in total. The molecule has 21 heavy (non-hydrogen) atoms. The highest BCUT2D eigenvalue weighted by Gasteiger charge is 2.18. The number of hydrazine groups is 1. The van der Waals surface area contributed by atoms with Crippen LogP contribution in [-0.4, -0.2) is 18.8 Å². The molecule has 0 saturated heterocycles. The third kappa shape index (κ3) is 13.3. The van der Waals surface area contributed by atoms with E-state index in [1.54, 1.807) is 7.11 Å². The summed E-state index contributed by atoms with van der Waals surface area (Å²) in [5.41, 5.74) is 2.93. The first kappa shape index (κ1) is 20.9. The zero-order valence-electron chi connectivity index (χ0n) is 15.0. The van der Waals surface area contributed by atoms with Crippen LogP contribution < -0.4 is 11.3 Å². The zero-order valence-corrected chi connectivity index (χ0v) is 15.0. The maximum atomic E-state index is 5.66. The van der Waals surface area contributed by atoms with E-state index in [0.29, 0.717) is 6.04 Å². The summed E-state index contributed by atoms with van der Waals surface area (Å²) < 4.78 is 5.46. The van der Waals surface area contributed by atoms with Gasteiger partial charge in [0.15, 0.2) is 0 Å². The summed E-state index contributed by atoms with van der Waals surface area (Å²) in [6.45, 7) is 6.55. The van der Waals surface area contributed by atoms with E-state index >= 15 is 0 Å². The van der Waals surface area contributed by atoms with Gasteiger partial charge in [0.25, 0.3) is 0 Å². The number of ether oxygens (including phenoxy) is 1. The van der Waals surface area contributed by atoms with Crippen molar-refractivity contribution in [1.82, 2.24) is 5.43 Å². The Hall–Kier alpha value is -0.120. The van der Waals surface area contributed by atoms with Crippen LogP contribution >= 0.6 is 0 Å². The van der Waals surface area contributed by atoms with Gasteiger partial charge in [-0.1, -0.05) is 64.7 Å². The molecule has 0 fully saturated rings. The molecule has 0 spiro atoms. The largest absolute Gasteiger partial charge is 0.379 e. The second-order valence-corrected chi connectivity index (χ2v) is 6.98. The number of hydrogen-bond donors (Lipinski definition) is 2. The van der Waals surface area contributed by atoms with E-state index in [-0.39, 0.29) is 5.60 Å². The van der Waals surface area contributed by atoms with Gasteiger partial charge in [0.05, 0.1) is 5.60 Å². The van der Waals surface area contributed by atoms with Crippen molar-refractivity contribution in [1.29, 1.82) is 0 Å². The van der Waals surface area contributed by atoms with Crippen molar-refractivity contribution in [2.75, 3.05) is 7.11 Å². The van der Waals surface area contributed by atoms with Crippen LogP contribution in [0.5, 0.6) is 0 Å². The van der Waals surface area contributed by atoms with E-state index in [0.717, 1.165) is 12.8 Å². The average molecular weight is 301 g/mol. The van der Waals surface area contributed by atoms with Gasteiger partial charge in [-0.05, 0) is 33.1 Å². The molecule has 128 valence electrons. The van der Waals surface area contributed by atoms with E-state index in [9.17, 15) is 0 Å². The predicted molar refractivity (Wildman–Crippen MR) is 93.3 cm³/mol. The Balaban J connectivity index is 3.47. The highest BCUT2D eigenvalue weighted by Crippen LogP contribution is 2.19. The minimum atomic E-state index is -0.0341. The number of unbranched alkanes of at least 4 members (excludes halogenated alkanes) is 8. The molecular weight excluding hydrogens is 260 g/mol. The van der Waals surface area contributed by atoms with Gasteiger partial charge in [-0.25, -0.2) is 0 Å². The molecule has 0 rings (SSSR count). The number of hydrogen-bond acceptors (Lipinski definition) is 3. The third-order valence-corrected chi connectivity index (χ3v) is 4.54. The number of methoxy groups -OCH3 is 1. The fourth-order valence-corrected chi connectivity index (χ4v) is 2.64. The van der Waals surface area contributed by atoms with Crippen LogP contribution in [0.4, 0.5) is 0 Å². The summed E-state index contributed by atoms with van der Waals surface area (Å²) in [6, 6.07) is 0.434. The van der Waals surface area contributed by atoms with Gasteiger partial charge >= 0.3 is 0 Å². The van der Waals surface area contributed by atoms with Crippen molar-refractivity contribution >= 4 is 0 Å². The Morgan fingerprint density at radius 3 is 1.90 bits per heavy atom. The van der Waals surface area contributed by atoms with Crippen LogP contribution in [0, 0.1) is 0 Å². The molecule has 3 N–H and O–H groups in total. The minimum Gasteiger partial charge on any atom is -0.379 e. The molecule has 0 amide bonds. The second kappa shape index (κ2) is 13.5. The second-order valence-electron chi connectivity index (χ2n) is 6.98. The standard InChI is InChI=1S/C18H40N2O/c1-5-6-7-8-9-10-11-12-13-14-17(20-19)15-16-18(2,3)21-4/h17,20H,5-16,19H2,1-4H3. The summed E-state index contributed by atoms with van der Waals surface area (Å²) in [4.78, 5) is 0. The Morgan fingerprint density at radius 1 is 0.905 bits per heavy atom. The lowest BCUT2D eigenvalue weighted by Crippen LogP contribution is -2.37. The van der Waals surface area contributed by atoms with Gasteiger partial charge in [0.1, 0.15) is 0 Å². The molecule has 0 bridgehead atoms. The molecule has 0 aromatic carbocycles. The fraction of sp³-hybridized carbons (Fsp3) is 1.00. The first-order valence-electron chi connectivity index (χ1n) is 9.07. The van der Waals surface area contributed by atoms with Crippen molar-refractivity contribution in [2.45, 2.75) is 109 Å². The predicted octanol–water partition coefficient (Wildman–Crippen LogP) is 4.94. The van der Waals surface area contributed by atoms with E-state index in [1.807, 2.05) is 0 Å². The summed E-state index contributed by atoms with van der Waals surface area (Å²) in [5.74, 6) is 5.66. The quantitative estimate of drug-likeness (QED) is 0.256. The molecule has 3 heteroatoms. The van der Waals surface area contributed by atoms with Gasteiger partial charge in [-0.15, -0.1) is 0 Å². The number of nitrogens with two attached hydrogens (primary N) is 1. The van der Waals surface area contributed by atoms with E-state index < -0.39 is 0 Å². The minimum absolute atomic E-state index is 0.0341. The SMILES string of the molecule is CCCCCCCCCCCC(CCC(C)(C)OC)NN. The summed E-state index contributed by atoms with van der Waals surface area (Å²) in [6.07, 6.45) is 15.8. The smallest absolute Gasteiger partial charge is 0.0623 e. The van der Waals surface area contributed by atoms with Crippen molar-refractivity contribution in [2.24, 2.45) is 5.84 Å². The fourth-order valence-electron chi connectivity index (χ4n) is 2.64. The van der Waals surface area contributed by atoms with Crippen LogP contribution in [0.25, 0.3) is 0 Å². The van der Waals surface area contributed by atoms with E-state index in [2.05, 4.69) is 26.2 Å². The van der Waals surface area contributed by atoms with Gasteiger partial charge in [-0.2, -0.15) is 0 Å². The van der Waals surface area contributed by atoms with Crippen molar-refractivity contribution < 1.29 is 4.74 Å². The number of rotatable bonds is 15. The summed E-state index contributed by atoms with van der Waals surface area (Å²) >= 11 is 0. The van der Waals surface area contributed by atoms with Crippen molar-refractivity contribution in [3.8, 4) is 0 Å². The monoisotopic (exact) mass is 300 g/mol. The summed E-state index contributed by atoms with van der Waals surface area (Å²) in [5, 5.41) is 0. The lowest BCUT2D eigenvalue weighted by atomic mass is 9.96. The summed E-state index contributed by atoms with van der Waals surface area (Å²) in [7, 11) is 1.78. The highest BCUT2D eigenvalue weighted by atomic mass is 16.5. The zero-order chi connectivity index (χ0) is 16.0. The van der Waals surface area contributed by atoms with Crippen LogP contribution in [-0.2, 0) is 4.74 Å². The maximum absolute atomic E-state index is 5.66. The molecule has 0 radical (unpaired) electrons. The van der Waals surface area contributed by atoms with Crippen LogP contribution in [0.2, 0.25) is 0 Å². The van der Waals surface area contributed by atoms with Gasteiger partial charge in [0, 0.05) is 13.2 Å². The Bertz CT molecular complexity index is 219. The molecule has 1 unspecified atom stereocenters. The van der Waals surface area contributed by atoms with E-state index in [4.69, 9.17) is 10.6 Å². The Kier molecular flexibility index (Phi) is 13.5. The van der Waals surface area contributed by atoms with Crippen molar-refractivity contribution in [3.63, 3.8) is 0 Å². The van der Waals surface area contributed by atoms with E-state index in [1.165, 1.54) is 64.2 Å². The molecule has 0 heterocycles. The van der Waals surface area contributed by atoms with Gasteiger partial charge in [-0.3, -0.25) is 11.3 Å². The molecule has 0 aromatic heterocycles. The third-order valence-electron chi connectivity index (χ3n) is 4.54. The first-order valence-corrected chi connectivity index (χ1v) is 9.07. The van der Waals surface area contributed by atoms with Gasteiger partial charge in [0.2, 0.25) is 0 Å². The Labute approximate surface area is 133 Å². The van der Waals surface area contributed by atoms with Gasteiger partial charge < -0.3 is 4.74 Å². The topological polar surface area (TPSA) is 47.3 Å². The molecule has 1 atom stereocenters. The van der Waals surface area contributed by atoms with Crippen LogP contribution in [0.3, 0.4) is 0 Å². The molecule has 0 aliphatic heterocycles. The molecule has 0 aromatic rings.